The van der Waals surface area contributed by atoms with Crippen molar-refractivity contribution in [1.29, 1.82) is 0 Å². The summed E-state index contributed by atoms with van der Waals surface area (Å²) in [6.45, 7) is 2.71. The van der Waals surface area contributed by atoms with Crippen LogP contribution in [0.2, 0.25) is 0 Å². The molecule has 1 nitrogen and oxygen atoms in total. The third-order valence-electron chi connectivity index (χ3n) is 0.944. The van der Waals surface area contributed by atoms with E-state index in [-0.39, 0.29) is 0 Å². The zero-order chi connectivity index (χ0) is 6.41. The molecule has 0 saturated carbocycles. The van der Waals surface area contributed by atoms with Crippen molar-refractivity contribution >= 4 is 12.6 Å². The first-order valence-electron chi connectivity index (χ1n) is 2.77. The van der Waals surface area contributed by atoms with Gasteiger partial charge in [0.2, 0.25) is 0 Å². The van der Waals surface area contributed by atoms with Crippen molar-refractivity contribution < 1.29 is 0 Å². The molecule has 0 heterocycles. The average Bonchev–Trinajstić information content (AvgIpc) is 1.83. The van der Waals surface area contributed by atoms with E-state index in [9.17, 15) is 0 Å². The van der Waals surface area contributed by atoms with Gasteiger partial charge >= 0.3 is 0 Å². The van der Waals surface area contributed by atoms with E-state index in [0.29, 0.717) is 6.54 Å². The number of allylic oxidation sites excluding steroid dienone is 1. The maximum Gasteiger partial charge on any atom is 0.0134 e. The van der Waals surface area contributed by atoms with Crippen LogP contribution in [0.5, 0.6) is 0 Å². The van der Waals surface area contributed by atoms with E-state index in [2.05, 4.69) is 18.7 Å². The monoisotopic (exact) mass is 131 g/mol. The molecule has 0 radical (unpaired) electrons. The van der Waals surface area contributed by atoms with Crippen molar-refractivity contribution in [3.05, 3.63) is 11.6 Å². The number of hydrogen-bond donors (Lipinski definition) is 2. The Kier molecular flexibility index (Phi) is 5.22. The minimum atomic E-state index is 0.674. The van der Waals surface area contributed by atoms with Crippen molar-refractivity contribution in [3.8, 4) is 0 Å². The predicted octanol–water partition coefficient (Wildman–Crippen LogP) is 1.21. The molecule has 0 saturated heterocycles. The van der Waals surface area contributed by atoms with Crippen LogP contribution in [-0.2, 0) is 0 Å². The second-order valence-corrected chi connectivity index (χ2v) is 2.21. The predicted molar refractivity (Wildman–Crippen MR) is 41.3 cm³/mol. The average molecular weight is 131 g/mol. The first-order valence-corrected chi connectivity index (χ1v) is 3.41. The maximum absolute atomic E-state index is 5.32. The zero-order valence-electron chi connectivity index (χ0n) is 5.22. The smallest absolute Gasteiger partial charge is 0.0134 e. The molecule has 0 amide bonds. The van der Waals surface area contributed by atoms with Gasteiger partial charge in [0.15, 0.2) is 0 Å². The van der Waals surface area contributed by atoms with Crippen molar-refractivity contribution in [2.45, 2.75) is 13.3 Å². The van der Waals surface area contributed by atoms with Gasteiger partial charge in [-0.15, -0.1) is 0 Å². The van der Waals surface area contributed by atoms with E-state index in [1.807, 2.05) is 6.92 Å². The van der Waals surface area contributed by atoms with Gasteiger partial charge in [0, 0.05) is 6.54 Å². The molecule has 0 aliphatic rings. The summed E-state index contributed by atoms with van der Waals surface area (Å²) in [5, 5.41) is 0. The summed E-state index contributed by atoms with van der Waals surface area (Å²) < 4.78 is 0. The van der Waals surface area contributed by atoms with Crippen molar-refractivity contribution in [1.82, 2.24) is 0 Å². The Labute approximate surface area is 56.4 Å². The fourth-order valence-electron chi connectivity index (χ4n) is 0.394. The highest BCUT2D eigenvalue weighted by Gasteiger charge is 1.80. The van der Waals surface area contributed by atoms with Crippen molar-refractivity contribution in [2.24, 2.45) is 5.73 Å². The lowest BCUT2D eigenvalue weighted by molar-refractivity contribution is 1.09. The van der Waals surface area contributed by atoms with Gasteiger partial charge in [-0.05, 0) is 19.1 Å². The molecule has 0 bridgehead atoms. The minimum absolute atomic E-state index is 0.674. The molecular weight excluding hydrogens is 118 g/mol. The van der Waals surface area contributed by atoms with E-state index in [4.69, 9.17) is 5.73 Å². The lowest BCUT2D eigenvalue weighted by Gasteiger charge is -1.91. The Morgan fingerprint density at radius 2 is 2.38 bits per heavy atom. The summed E-state index contributed by atoms with van der Waals surface area (Å²) in [6, 6.07) is 0. The quantitative estimate of drug-likeness (QED) is 0.437. The maximum atomic E-state index is 5.32. The topological polar surface area (TPSA) is 26.0 Å². The van der Waals surface area contributed by atoms with Crippen LogP contribution in [0, 0.1) is 0 Å². The number of hydrogen-bond acceptors (Lipinski definition) is 2. The van der Waals surface area contributed by atoms with Crippen LogP contribution in [0.3, 0.4) is 0 Å². The lowest BCUT2D eigenvalue weighted by atomic mass is 10.2. The second kappa shape index (κ2) is 5.19. The number of nitrogens with two attached hydrogens (primary N) is 1. The standard InChI is InChI=1S/C6H13NS/c1-6(5-7)3-2-4-8/h3,8H,2,4-5,7H2,1H3/b6-3-. The molecular formula is C6H13NS. The molecule has 2 heteroatoms. The largest absolute Gasteiger partial charge is 0.327 e. The summed E-state index contributed by atoms with van der Waals surface area (Å²) >= 11 is 4.05. The van der Waals surface area contributed by atoms with Gasteiger partial charge in [0.1, 0.15) is 0 Å². The second-order valence-electron chi connectivity index (χ2n) is 1.77. The van der Waals surface area contributed by atoms with Gasteiger partial charge in [-0.25, -0.2) is 0 Å². The molecule has 0 spiro atoms. The Morgan fingerprint density at radius 3 is 2.75 bits per heavy atom. The third kappa shape index (κ3) is 4.22. The van der Waals surface area contributed by atoms with Gasteiger partial charge in [-0.2, -0.15) is 12.6 Å². The molecule has 0 aromatic rings. The summed E-state index contributed by atoms with van der Waals surface area (Å²) in [5.41, 5.74) is 6.57. The third-order valence-corrected chi connectivity index (χ3v) is 1.20. The molecule has 0 atom stereocenters. The molecule has 0 unspecified atom stereocenters. The molecule has 8 heavy (non-hydrogen) atoms. The van der Waals surface area contributed by atoms with Gasteiger partial charge < -0.3 is 5.73 Å². The normalized spacial score (nSPS) is 12.1. The van der Waals surface area contributed by atoms with Crippen LogP contribution in [-0.4, -0.2) is 12.3 Å². The fraction of sp³-hybridized carbons (Fsp3) is 0.667. The van der Waals surface area contributed by atoms with Crippen LogP contribution < -0.4 is 5.73 Å². The fourth-order valence-corrected chi connectivity index (χ4v) is 0.523. The molecule has 0 fully saturated rings. The van der Waals surface area contributed by atoms with E-state index in [0.717, 1.165) is 12.2 Å². The molecule has 0 rings (SSSR count). The van der Waals surface area contributed by atoms with Crippen LogP contribution in [0.15, 0.2) is 11.6 Å². The highest BCUT2D eigenvalue weighted by Crippen LogP contribution is 1.92. The summed E-state index contributed by atoms with van der Waals surface area (Å²) in [7, 11) is 0. The van der Waals surface area contributed by atoms with Crippen LogP contribution in [0.4, 0.5) is 0 Å². The summed E-state index contributed by atoms with van der Waals surface area (Å²) in [5.74, 6) is 0.914. The van der Waals surface area contributed by atoms with Crippen LogP contribution in [0.1, 0.15) is 13.3 Å². The van der Waals surface area contributed by atoms with Gasteiger partial charge in [-0.3, -0.25) is 0 Å². The number of thiol groups is 1. The Morgan fingerprint density at radius 1 is 1.75 bits per heavy atom. The van der Waals surface area contributed by atoms with E-state index in [1.54, 1.807) is 0 Å². The highest BCUT2D eigenvalue weighted by molar-refractivity contribution is 7.80. The first-order chi connectivity index (χ1) is 3.81. The summed E-state index contributed by atoms with van der Waals surface area (Å²) in [6.07, 6.45) is 3.15. The molecule has 0 aliphatic carbocycles. The van der Waals surface area contributed by atoms with Crippen molar-refractivity contribution in [2.75, 3.05) is 12.3 Å². The minimum Gasteiger partial charge on any atom is -0.327 e. The molecule has 0 aromatic carbocycles. The van der Waals surface area contributed by atoms with Gasteiger partial charge in [-0.1, -0.05) is 11.6 Å². The SMILES string of the molecule is C/C(=C/CCS)CN. The van der Waals surface area contributed by atoms with Crippen LogP contribution in [0.25, 0.3) is 0 Å². The van der Waals surface area contributed by atoms with E-state index < -0.39 is 0 Å². The van der Waals surface area contributed by atoms with E-state index in [1.165, 1.54) is 5.57 Å². The van der Waals surface area contributed by atoms with Crippen LogP contribution >= 0.6 is 12.6 Å². The highest BCUT2D eigenvalue weighted by atomic mass is 32.1. The molecule has 0 aromatic heterocycles. The molecule has 48 valence electrons. The molecule has 2 N–H and O–H groups in total. The Hall–Kier alpha value is 0.0500. The lowest BCUT2D eigenvalue weighted by Crippen LogP contribution is -1.99. The first kappa shape index (κ1) is 8.05. The van der Waals surface area contributed by atoms with Gasteiger partial charge in [0.25, 0.3) is 0 Å². The molecule has 0 aliphatic heterocycles. The van der Waals surface area contributed by atoms with Crippen molar-refractivity contribution in [3.63, 3.8) is 0 Å². The summed E-state index contributed by atoms with van der Waals surface area (Å²) in [4.78, 5) is 0. The Bertz CT molecular complexity index is 78.6. The Balaban J connectivity index is 3.26. The zero-order valence-corrected chi connectivity index (χ0v) is 6.12. The number of rotatable bonds is 3. The van der Waals surface area contributed by atoms with Gasteiger partial charge in [0.05, 0.1) is 0 Å². The van der Waals surface area contributed by atoms with E-state index >= 15 is 0 Å².